The van der Waals surface area contributed by atoms with Crippen LogP contribution in [0.2, 0.25) is 0 Å². The molecule has 1 heterocycles. The van der Waals surface area contributed by atoms with Crippen LogP contribution in [0.3, 0.4) is 0 Å². The molecule has 0 saturated heterocycles. The highest BCUT2D eigenvalue weighted by molar-refractivity contribution is 5.53. The second-order valence-corrected chi connectivity index (χ2v) is 4.64. The molecule has 0 bridgehead atoms. The van der Waals surface area contributed by atoms with Crippen molar-refractivity contribution in [2.24, 2.45) is 0 Å². The van der Waals surface area contributed by atoms with Crippen LogP contribution in [0, 0.1) is 5.82 Å². The number of rotatable bonds is 1. The van der Waals surface area contributed by atoms with Crippen molar-refractivity contribution in [3.8, 4) is 11.5 Å². The zero-order valence-corrected chi connectivity index (χ0v) is 9.49. The molecule has 16 heavy (non-hydrogen) atoms. The van der Waals surface area contributed by atoms with E-state index in [2.05, 4.69) is 10.2 Å². The van der Waals surface area contributed by atoms with E-state index in [4.69, 9.17) is 4.42 Å². The summed E-state index contributed by atoms with van der Waals surface area (Å²) in [5.74, 6) is 0.375. The normalized spacial score (nSPS) is 11.8. The molecule has 0 radical (unpaired) electrons. The largest absolute Gasteiger partial charge is 0.420 e. The highest BCUT2D eigenvalue weighted by Gasteiger charge is 2.22. The highest BCUT2D eigenvalue weighted by atomic mass is 19.1. The number of aromatic nitrogens is 2. The van der Waals surface area contributed by atoms with Crippen molar-refractivity contribution in [2.75, 3.05) is 0 Å². The second-order valence-electron chi connectivity index (χ2n) is 4.64. The van der Waals surface area contributed by atoms with E-state index >= 15 is 0 Å². The first kappa shape index (κ1) is 10.8. The fourth-order valence-corrected chi connectivity index (χ4v) is 1.27. The molecule has 2 aromatic rings. The lowest BCUT2D eigenvalue weighted by Crippen LogP contribution is -2.11. The summed E-state index contributed by atoms with van der Waals surface area (Å²) >= 11 is 0. The van der Waals surface area contributed by atoms with Gasteiger partial charge in [-0.1, -0.05) is 32.9 Å². The van der Waals surface area contributed by atoms with Crippen molar-refractivity contribution < 1.29 is 8.81 Å². The van der Waals surface area contributed by atoms with Gasteiger partial charge in [0, 0.05) is 5.41 Å². The van der Waals surface area contributed by atoms with E-state index in [1.165, 1.54) is 6.07 Å². The fourth-order valence-electron chi connectivity index (χ4n) is 1.27. The number of hydrogen-bond acceptors (Lipinski definition) is 3. The molecule has 0 atom stereocenters. The van der Waals surface area contributed by atoms with Crippen LogP contribution < -0.4 is 0 Å². The van der Waals surface area contributed by atoms with Gasteiger partial charge in [-0.25, -0.2) is 4.39 Å². The Labute approximate surface area is 93.3 Å². The van der Waals surface area contributed by atoms with E-state index in [1.54, 1.807) is 18.2 Å². The van der Waals surface area contributed by atoms with E-state index in [0.717, 1.165) is 0 Å². The van der Waals surface area contributed by atoms with Crippen LogP contribution in [0.1, 0.15) is 26.7 Å². The maximum atomic E-state index is 13.5. The van der Waals surface area contributed by atoms with Crippen LogP contribution in [0.4, 0.5) is 4.39 Å². The highest BCUT2D eigenvalue weighted by Crippen LogP contribution is 2.26. The van der Waals surface area contributed by atoms with Gasteiger partial charge in [-0.3, -0.25) is 0 Å². The maximum Gasteiger partial charge on any atom is 0.250 e. The lowest BCUT2D eigenvalue weighted by Gasteiger charge is -2.10. The zero-order chi connectivity index (χ0) is 11.8. The van der Waals surface area contributed by atoms with Gasteiger partial charge in [-0.15, -0.1) is 10.2 Å². The molecular formula is C12H13FN2O. The van der Waals surface area contributed by atoms with E-state index in [9.17, 15) is 4.39 Å². The average molecular weight is 220 g/mol. The van der Waals surface area contributed by atoms with Gasteiger partial charge in [0.15, 0.2) is 0 Å². The molecule has 1 aromatic heterocycles. The Kier molecular flexibility index (Phi) is 2.50. The molecule has 1 aromatic carbocycles. The van der Waals surface area contributed by atoms with Gasteiger partial charge < -0.3 is 4.42 Å². The van der Waals surface area contributed by atoms with Gasteiger partial charge in [0.25, 0.3) is 5.89 Å². The summed E-state index contributed by atoms with van der Waals surface area (Å²) in [4.78, 5) is 0. The summed E-state index contributed by atoms with van der Waals surface area (Å²) in [7, 11) is 0. The van der Waals surface area contributed by atoms with Gasteiger partial charge in [0.1, 0.15) is 5.82 Å². The van der Waals surface area contributed by atoms with E-state index in [-0.39, 0.29) is 17.1 Å². The Balaban J connectivity index is 2.44. The average Bonchev–Trinajstić information content (AvgIpc) is 2.66. The summed E-state index contributed by atoms with van der Waals surface area (Å²) in [6, 6.07) is 6.35. The molecule has 0 N–H and O–H groups in total. The summed E-state index contributed by atoms with van der Waals surface area (Å²) in [6.07, 6.45) is 0. The number of hydrogen-bond donors (Lipinski definition) is 0. The second kappa shape index (κ2) is 3.70. The van der Waals surface area contributed by atoms with Gasteiger partial charge in [-0.2, -0.15) is 0 Å². The summed E-state index contributed by atoms with van der Waals surface area (Å²) in [6.45, 7) is 5.89. The first-order valence-electron chi connectivity index (χ1n) is 5.07. The summed E-state index contributed by atoms with van der Waals surface area (Å²) in [5.41, 5.74) is 0.113. The number of halogens is 1. The van der Waals surface area contributed by atoms with Gasteiger partial charge in [0.2, 0.25) is 5.89 Å². The van der Waals surface area contributed by atoms with E-state index < -0.39 is 0 Å². The van der Waals surface area contributed by atoms with Crippen molar-refractivity contribution in [1.29, 1.82) is 0 Å². The van der Waals surface area contributed by atoms with Crippen LogP contribution in [-0.2, 0) is 5.41 Å². The standard InChI is InChI=1S/C12H13FN2O/c1-12(2,3)11-15-14-10(16-11)8-6-4-5-7-9(8)13/h4-7H,1-3H3. The predicted octanol–water partition coefficient (Wildman–Crippen LogP) is 3.17. The summed E-state index contributed by atoms with van der Waals surface area (Å²) in [5, 5.41) is 7.78. The Hall–Kier alpha value is -1.71. The maximum absolute atomic E-state index is 13.5. The Morgan fingerprint density at radius 3 is 2.38 bits per heavy atom. The molecule has 0 amide bonds. The number of benzene rings is 1. The lowest BCUT2D eigenvalue weighted by atomic mass is 9.97. The third kappa shape index (κ3) is 1.96. The third-order valence-corrected chi connectivity index (χ3v) is 2.17. The van der Waals surface area contributed by atoms with Gasteiger partial charge in [-0.05, 0) is 12.1 Å². The fraction of sp³-hybridized carbons (Fsp3) is 0.333. The van der Waals surface area contributed by atoms with Crippen LogP contribution in [0.15, 0.2) is 28.7 Å². The lowest BCUT2D eigenvalue weighted by molar-refractivity contribution is 0.398. The Bertz CT molecular complexity index is 500. The number of nitrogens with zero attached hydrogens (tertiary/aromatic N) is 2. The SMILES string of the molecule is CC(C)(C)c1nnc(-c2ccccc2F)o1. The Morgan fingerprint density at radius 2 is 1.81 bits per heavy atom. The van der Waals surface area contributed by atoms with Gasteiger partial charge in [0.05, 0.1) is 5.56 Å². The van der Waals surface area contributed by atoms with Crippen LogP contribution in [0.25, 0.3) is 11.5 Å². The molecule has 0 spiro atoms. The molecule has 0 saturated carbocycles. The monoisotopic (exact) mass is 220 g/mol. The molecular weight excluding hydrogens is 207 g/mol. The molecule has 0 aliphatic carbocycles. The molecule has 84 valence electrons. The first-order valence-corrected chi connectivity index (χ1v) is 5.07. The van der Waals surface area contributed by atoms with Crippen LogP contribution in [0.5, 0.6) is 0 Å². The van der Waals surface area contributed by atoms with Crippen LogP contribution in [-0.4, -0.2) is 10.2 Å². The predicted molar refractivity (Wildman–Crippen MR) is 58.4 cm³/mol. The van der Waals surface area contributed by atoms with E-state index in [0.29, 0.717) is 11.5 Å². The smallest absolute Gasteiger partial charge is 0.250 e. The zero-order valence-electron chi connectivity index (χ0n) is 9.49. The van der Waals surface area contributed by atoms with Crippen molar-refractivity contribution >= 4 is 0 Å². The molecule has 0 fully saturated rings. The van der Waals surface area contributed by atoms with Crippen molar-refractivity contribution in [3.05, 3.63) is 36.0 Å². The first-order chi connectivity index (χ1) is 7.48. The molecule has 0 aliphatic rings. The molecule has 3 nitrogen and oxygen atoms in total. The van der Waals surface area contributed by atoms with E-state index in [1.807, 2.05) is 20.8 Å². The summed E-state index contributed by atoms with van der Waals surface area (Å²) < 4.78 is 18.9. The van der Waals surface area contributed by atoms with Crippen LogP contribution >= 0.6 is 0 Å². The van der Waals surface area contributed by atoms with Crippen molar-refractivity contribution in [1.82, 2.24) is 10.2 Å². The molecule has 2 rings (SSSR count). The minimum atomic E-state index is -0.355. The third-order valence-electron chi connectivity index (χ3n) is 2.17. The minimum absolute atomic E-state index is 0.225. The topological polar surface area (TPSA) is 38.9 Å². The van der Waals surface area contributed by atoms with Crippen molar-refractivity contribution in [3.63, 3.8) is 0 Å². The molecule has 0 unspecified atom stereocenters. The van der Waals surface area contributed by atoms with Crippen molar-refractivity contribution in [2.45, 2.75) is 26.2 Å². The Morgan fingerprint density at radius 1 is 1.12 bits per heavy atom. The van der Waals surface area contributed by atoms with Gasteiger partial charge >= 0.3 is 0 Å². The molecule has 0 aliphatic heterocycles. The quantitative estimate of drug-likeness (QED) is 0.740. The minimum Gasteiger partial charge on any atom is -0.420 e. The molecule has 4 heteroatoms.